The number of alkyl carbamates (subject to hydrolysis) is 1. The van der Waals surface area contributed by atoms with Crippen LogP contribution in [0.25, 0.3) is 0 Å². The first kappa shape index (κ1) is 18.7. The van der Waals surface area contributed by atoms with Gasteiger partial charge in [0.05, 0.1) is 0 Å². The molecule has 2 saturated heterocycles. The van der Waals surface area contributed by atoms with Gasteiger partial charge in [-0.15, -0.1) is 0 Å². The second-order valence-corrected chi connectivity index (χ2v) is 7.57. The molecule has 3 aliphatic rings. The topological polar surface area (TPSA) is 71.1 Å². The van der Waals surface area contributed by atoms with Gasteiger partial charge in [0.25, 0.3) is 0 Å². The number of nitrogens with one attached hydrogen (secondary N) is 1. The Labute approximate surface area is 168 Å². The highest BCUT2D eigenvalue weighted by atomic mass is 35.5. The van der Waals surface area contributed by atoms with Crippen molar-refractivity contribution in [1.82, 2.24) is 15.1 Å². The van der Waals surface area contributed by atoms with E-state index in [9.17, 15) is 9.59 Å². The first-order valence-corrected chi connectivity index (χ1v) is 9.62. The fraction of sp³-hybridized carbons (Fsp3) is 0.400. The number of rotatable bonds is 2. The summed E-state index contributed by atoms with van der Waals surface area (Å²) in [6, 6.07) is 9.56. The molecule has 1 atom stereocenters. The minimum Gasteiger partial charge on any atom is -0.445 e. The smallest absolute Gasteiger partial charge is 0.410 e. The lowest BCUT2D eigenvalue weighted by Crippen LogP contribution is -2.63. The van der Waals surface area contributed by atoms with Crippen molar-refractivity contribution in [2.45, 2.75) is 31.2 Å². The molecule has 28 heavy (non-hydrogen) atoms. The molecule has 3 heterocycles. The van der Waals surface area contributed by atoms with Crippen molar-refractivity contribution in [2.75, 3.05) is 20.1 Å². The fourth-order valence-electron chi connectivity index (χ4n) is 3.90. The van der Waals surface area contributed by atoms with Crippen LogP contribution in [-0.2, 0) is 16.1 Å². The van der Waals surface area contributed by atoms with Crippen LogP contribution in [-0.4, -0.2) is 53.9 Å². The molecular weight excluding hydrogens is 382 g/mol. The van der Waals surface area contributed by atoms with Gasteiger partial charge >= 0.3 is 12.2 Å². The van der Waals surface area contributed by atoms with E-state index in [0.717, 1.165) is 11.1 Å². The minimum absolute atomic E-state index is 0.238. The van der Waals surface area contributed by atoms with Crippen molar-refractivity contribution < 1.29 is 19.1 Å². The maximum Gasteiger partial charge on any atom is 0.410 e. The van der Waals surface area contributed by atoms with Gasteiger partial charge in [-0.25, -0.2) is 9.59 Å². The Morgan fingerprint density at radius 1 is 1.29 bits per heavy atom. The molecule has 1 unspecified atom stereocenters. The third-order valence-corrected chi connectivity index (χ3v) is 5.92. The highest BCUT2D eigenvalue weighted by molar-refractivity contribution is 6.29. The molecule has 4 rings (SSSR count). The predicted octanol–water partition coefficient (Wildman–Crippen LogP) is 3.18. The standard InChI is InChI=1S/C20H22ClN3O4/c1-23-16(21)8-7-15-17(23)22-18(25)28-20(15)9-11-24(12-10-20)19(26)27-13-14-5-3-2-4-6-14/h2-8,17H,9-13H2,1H3,(H,22,25). The average molecular weight is 404 g/mol. The van der Waals surface area contributed by atoms with E-state index >= 15 is 0 Å². The first-order chi connectivity index (χ1) is 13.5. The number of likely N-dealkylation sites (tertiary alicyclic amines) is 1. The highest BCUT2D eigenvalue weighted by Crippen LogP contribution is 2.41. The van der Waals surface area contributed by atoms with E-state index in [4.69, 9.17) is 21.1 Å². The van der Waals surface area contributed by atoms with E-state index < -0.39 is 11.7 Å². The summed E-state index contributed by atoms with van der Waals surface area (Å²) in [7, 11) is 1.83. The van der Waals surface area contributed by atoms with Gasteiger partial charge in [-0.2, -0.15) is 0 Å². The maximum atomic E-state index is 12.4. The molecule has 1 aromatic carbocycles. The number of benzene rings is 1. The number of fused-ring (bicyclic) bond motifs is 2. The highest BCUT2D eigenvalue weighted by Gasteiger charge is 2.50. The van der Waals surface area contributed by atoms with Crippen molar-refractivity contribution in [1.29, 1.82) is 0 Å². The number of ether oxygens (including phenoxy) is 2. The van der Waals surface area contributed by atoms with E-state index in [0.29, 0.717) is 31.1 Å². The summed E-state index contributed by atoms with van der Waals surface area (Å²) in [5.41, 5.74) is 1.17. The molecule has 148 valence electrons. The number of amides is 2. The molecule has 2 amide bonds. The molecule has 7 nitrogen and oxygen atoms in total. The van der Waals surface area contributed by atoms with Crippen LogP contribution in [0.2, 0.25) is 0 Å². The zero-order valence-corrected chi connectivity index (χ0v) is 16.3. The number of carbonyl (C=O) groups is 2. The van der Waals surface area contributed by atoms with Crippen LogP contribution >= 0.6 is 11.6 Å². The van der Waals surface area contributed by atoms with Gasteiger partial charge in [-0.1, -0.05) is 48.0 Å². The molecule has 0 aromatic heterocycles. The van der Waals surface area contributed by atoms with Crippen molar-refractivity contribution in [2.24, 2.45) is 0 Å². The van der Waals surface area contributed by atoms with Crippen LogP contribution in [0.15, 0.2) is 53.2 Å². The van der Waals surface area contributed by atoms with Crippen molar-refractivity contribution in [3.63, 3.8) is 0 Å². The normalized spacial score (nSPS) is 23.2. The number of piperidine rings is 1. The number of carbonyl (C=O) groups excluding carboxylic acids is 2. The molecule has 0 aliphatic carbocycles. The molecule has 0 radical (unpaired) electrons. The number of halogens is 1. The van der Waals surface area contributed by atoms with E-state index in [1.165, 1.54) is 0 Å². The molecule has 2 fully saturated rings. The van der Waals surface area contributed by atoms with Crippen LogP contribution in [0.1, 0.15) is 18.4 Å². The Morgan fingerprint density at radius 2 is 2.00 bits per heavy atom. The fourth-order valence-corrected chi connectivity index (χ4v) is 4.06. The molecule has 8 heteroatoms. The Morgan fingerprint density at radius 3 is 2.71 bits per heavy atom. The Bertz CT molecular complexity index is 831. The van der Waals surface area contributed by atoms with Crippen molar-refractivity contribution in [3.05, 3.63) is 58.8 Å². The number of likely N-dealkylation sites (N-methyl/N-ethyl adjacent to an activating group) is 1. The summed E-state index contributed by atoms with van der Waals surface area (Å²) in [5, 5.41) is 3.36. The lowest BCUT2D eigenvalue weighted by molar-refractivity contribution is -0.0373. The first-order valence-electron chi connectivity index (χ1n) is 9.24. The number of hydrogen-bond donors (Lipinski definition) is 1. The van der Waals surface area contributed by atoms with E-state index in [1.807, 2.05) is 43.5 Å². The van der Waals surface area contributed by atoms with Gasteiger partial charge < -0.3 is 19.3 Å². The number of nitrogens with zero attached hydrogens (tertiary/aromatic N) is 2. The summed E-state index contributed by atoms with van der Waals surface area (Å²) >= 11 is 6.19. The van der Waals surface area contributed by atoms with Gasteiger partial charge in [0.2, 0.25) is 0 Å². The lowest BCUT2D eigenvalue weighted by atomic mass is 9.80. The molecule has 0 bridgehead atoms. The zero-order chi connectivity index (χ0) is 19.7. The predicted molar refractivity (Wildman–Crippen MR) is 103 cm³/mol. The lowest BCUT2D eigenvalue weighted by Gasteiger charge is -2.50. The maximum absolute atomic E-state index is 12.4. The molecule has 3 aliphatic heterocycles. The SMILES string of the molecule is CN1C(Cl)=CC=C2C1NC(=O)OC21CCN(C(=O)OCc2ccccc2)CC1. The third-order valence-electron chi connectivity index (χ3n) is 5.52. The van der Waals surface area contributed by atoms with Crippen molar-refractivity contribution >= 4 is 23.8 Å². The number of allylic oxidation sites excluding steroid dienone is 2. The van der Waals surface area contributed by atoms with E-state index in [1.54, 1.807) is 15.9 Å². The Balaban J connectivity index is 1.42. The third kappa shape index (κ3) is 3.42. The van der Waals surface area contributed by atoms with Gasteiger partial charge in [0.1, 0.15) is 23.5 Å². The summed E-state index contributed by atoms with van der Waals surface area (Å²) in [5.74, 6) is 0. The van der Waals surface area contributed by atoms with E-state index in [2.05, 4.69) is 5.32 Å². The molecule has 1 spiro atoms. The van der Waals surface area contributed by atoms with E-state index in [-0.39, 0.29) is 18.9 Å². The van der Waals surface area contributed by atoms with Gasteiger partial charge in [-0.3, -0.25) is 5.32 Å². The zero-order valence-electron chi connectivity index (χ0n) is 15.6. The van der Waals surface area contributed by atoms with Gasteiger partial charge in [0, 0.05) is 38.6 Å². The Kier molecular flexibility index (Phi) is 4.93. The van der Waals surface area contributed by atoms with Crippen LogP contribution in [0.3, 0.4) is 0 Å². The summed E-state index contributed by atoms with van der Waals surface area (Å²) in [4.78, 5) is 28.0. The second-order valence-electron chi connectivity index (χ2n) is 7.18. The summed E-state index contributed by atoms with van der Waals surface area (Å²) < 4.78 is 11.1. The van der Waals surface area contributed by atoms with Crippen LogP contribution in [0, 0.1) is 0 Å². The van der Waals surface area contributed by atoms with Gasteiger partial charge in [0.15, 0.2) is 0 Å². The molecule has 0 saturated carbocycles. The van der Waals surface area contributed by atoms with Crippen LogP contribution in [0.4, 0.5) is 9.59 Å². The number of hydrogen-bond acceptors (Lipinski definition) is 5. The summed E-state index contributed by atoms with van der Waals surface area (Å²) in [6.45, 7) is 1.14. The quantitative estimate of drug-likeness (QED) is 0.768. The molecular formula is C20H22ClN3O4. The molecule has 1 aromatic rings. The summed E-state index contributed by atoms with van der Waals surface area (Å²) in [6.07, 6.45) is 3.58. The van der Waals surface area contributed by atoms with Crippen LogP contribution < -0.4 is 5.32 Å². The van der Waals surface area contributed by atoms with Crippen LogP contribution in [0.5, 0.6) is 0 Å². The average Bonchev–Trinajstić information content (AvgIpc) is 2.70. The molecule has 1 N–H and O–H groups in total. The monoisotopic (exact) mass is 403 g/mol. The largest absolute Gasteiger partial charge is 0.445 e. The second kappa shape index (κ2) is 7.39. The minimum atomic E-state index is -0.731. The van der Waals surface area contributed by atoms with Crippen molar-refractivity contribution in [3.8, 4) is 0 Å². The van der Waals surface area contributed by atoms with Gasteiger partial charge in [-0.05, 0) is 11.6 Å². The Hall–Kier alpha value is -2.67.